The Morgan fingerprint density at radius 2 is 1.39 bits per heavy atom. The van der Waals surface area contributed by atoms with Gasteiger partial charge in [-0.3, -0.25) is 38.4 Å². The number of carbonyl (C=O) groups is 7. The minimum atomic E-state index is -1.04. The molecule has 17 nitrogen and oxygen atoms in total. The molecule has 0 bridgehead atoms. The first kappa shape index (κ1) is 53.0. The molecule has 5 rings (SSSR count). The first-order valence-corrected chi connectivity index (χ1v) is 23.3. The molecule has 0 radical (unpaired) electrons. The van der Waals surface area contributed by atoms with Gasteiger partial charge < -0.3 is 42.0 Å². The molecule has 4 aromatic carbocycles. The predicted octanol–water partition coefficient (Wildman–Crippen LogP) is 2.85. The van der Waals surface area contributed by atoms with E-state index >= 15 is 0 Å². The zero-order valence-corrected chi connectivity index (χ0v) is 40.0. The van der Waals surface area contributed by atoms with Gasteiger partial charge in [-0.05, 0) is 71.2 Å². The van der Waals surface area contributed by atoms with Gasteiger partial charge >= 0.3 is 0 Å². The second-order valence-corrected chi connectivity index (χ2v) is 17.2. The van der Waals surface area contributed by atoms with Gasteiger partial charge in [-0.15, -0.1) is 0 Å². The Kier molecular flexibility index (Phi) is 20.4. The number of carbonyl (C=O) groups excluding carboxylic acids is 7. The number of amides is 7. The molecule has 4 aromatic rings. The highest BCUT2D eigenvalue weighted by molar-refractivity contribution is 5.94. The third kappa shape index (κ3) is 16.1. The Morgan fingerprint density at radius 3 is 2.04 bits per heavy atom. The van der Waals surface area contributed by atoms with Gasteiger partial charge in [0, 0.05) is 72.1 Å². The zero-order chi connectivity index (χ0) is 49.8. The Bertz CT molecular complexity index is 2360. The van der Waals surface area contributed by atoms with Crippen LogP contribution in [-0.2, 0) is 64.1 Å². The van der Waals surface area contributed by atoms with Gasteiger partial charge in [-0.2, -0.15) is 0 Å². The molecule has 0 aliphatic carbocycles. The van der Waals surface area contributed by atoms with Gasteiger partial charge in [0.05, 0.1) is 32.2 Å². The van der Waals surface area contributed by atoms with Crippen LogP contribution in [0.4, 0.5) is 0 Å². The van der Waals surface area contributed by atoms with Crippen LogP contribution in [0.2, 0.25) is 0 Å². The molecule has 1 saturated heterocycles. The maximum absolute atomic E-state index is 14.8. The number of likely N-dealkylation sites (tertiary alicyclic amines) is 1. The molecule has 69 heavy (non-hydrogen) atoms. The van der Waals surface area contributed by atoms with Crippen LogP contribution >= 0.6 is 0 Å². The lowest BCUT2D eigenvalue weighted by Gasteiger charge is -2.42. The molecule has 1 fully saturated rings. The molecule has 0 spiro atoms. The average Bonchev–Trinajstić information content (AvgIpc) is 3.35. The second kappa shape index (κ2) is 26.6. The average molecular weight is 947 g/mol. The van der Waals surface area contributed by atoms with Crippen LogP contribution < -0.4 is 32.3 Å². The fourth-order valence-corrected chi connectivity index (χ4v) is 8.30. The van der Waals surface area contributed by atoms with Gasteiger partial charge in [0.2, 0.25) is 35.4 Å². The summed E-state index contributed by atoms with van der Waals surface area (Å²) in [4.78, 5) is 99.5. The lowest BCUT2D eigenvalue weighted by molar-refractivity contribution is -0.142. The fraction of sp³-hybridized carbons (Fsp3) is 0.404. The summed E-state index contributed by atoms with van der Waals surface area (Å²) in [6.07, 6.45) is 1.67. The van der Waals surface area contributed by atoms with E-state index in [1.54, 1.807) is 41.3 Å². The van der Waals surface area contributed by atoms with Crippen LogP contribution in [0.15, 0.2) is 103 Å². The van der Waals surface area contributed by atoms with Crippen LogP contribution in [0.25, 0.3) is 11.1 Å². The standard InChI is InChI=1S/C52H66N8O9/c1-36(61)54-26-23-45(48(64)55-27-30-69-29-25-53)57-47(63)32-43-13-8-9-14-44(43)34-56-49(65)46(31-38-15-17-40(18-16-38)41-19-21-42(22-20-41)50(66)59(3)68-4)58-51(67)52(33-39-11-6-5-7-12-39)24-10-28-60(35-52)37(2)62/h5-9,11-22,45-46H,10,23-35,53H2,1-4H3,(H,54,61)(H,55,64)(H,56,65)(H,57,63)(H,58,67)/t45-,46-,52-/m0/s1. The fourth-order valence-electron chi connectivity index (χ4n) is 8.30. The van der Waals surface area contributed by atoms with E-state index < -0.39 is 35.2 Å². The molecule has 3 atom stereocenters. The Balaban J connectivity index is 1.35. The molecule has 1 aliphatic rings. The maximum Gasteiger partial charge on any atom is 0.277 e. The van der Waals surface area contributed by atoms with Gasteiger partial charge in [-0.25, -0.2) is 5.06 Å². The van der Waals surface area contributed by atoms with Crippen molar-refractivity contribution in [2.45, 2.75) is 71.0 Å². The van der Waals surface area contributed by atoms with Crippen molar-refractivity contribution in [3.05, 3.63) is 131 Å². The van der Waals surface area contributed by atoms with Crippen molar-refractivity contribution in [3.8, 4) is 11.1 Å². The van der Waals surface area contributed by atoms with E-state index in [9.17, 15) is 33.6 Å². The predicted molar refractivity (Wildman–Crippen MR) is 261 cm³/mol. The molecular formula is C52H66N8O9. The van der Waals surface area contributed by atoms with Crippen molar-refractivity contribution >= 4 is 41.4 Å². The number of hydrogen-bond donors (Lipinski definition) is 6. The summed E-state index contributed by atoms with van der Waals surface area (Å²) in [5.74, 6) is -2.33. The van der Waals surface area contributed by atoms with Crippen LogP contribution in [0, 0.1) is 5.41 Å². The summed E-state index contributed by atoms with van der Waals surface area (Å²) in [7, 11) is 2.96. The van der Waals surface area contributed by atoms with Gasteiger partial charge in [0.15, 0.2) is 0 Å². The highest BCUT2D eigenvalue weighted by Crippen LogP contribution is 2.35. The molecule has 368 valence electrons. The number of piperidine rings is 1. The van der Waals surface area contributed by atoms with Crippen LogP contribution in [0.1, 0.15) is 65.7 Å². The zero-order valence-electron chi connectivity index (χ0n) is 40.0. The summed E-state index contributed by atoms with van der Waals surface area (Å²) in [5.41, 5.74) is 9.65. The molecule has 1 aliphatic heterocycles. The quantitative estimate of drug-likeness (QED) is 0.0445. The second-order valence-electron chi connectivity index (χ2n) is 17.2. The third-order valence-electron chi connectivity index (χ3n) is 12.1. The Hall–Kier alpha value is -6.95. The van der Waals surface area contributed by atoms with E-state index in [1.165, 1.54) is 28.0 Å². The van der Waals surface area contributed by atoms with Crippen LogP contribution in [-0.4, -0.2) is 123 Å². The van der Waals surface area contributed by atoms with E-state index in [1.807, 2.05) is 66.7 Å². The first-order chi connectivity index (χ1) is 33.2. The topological polar surface area (TPSA) is 231 Å². The van der Waals surface area contributed by atoms with Gasteiger partial charge in [-0.1, -0.05) is 91.0 Å². The van der Waals surface area contributed by atoms with Gasteiger partial charge in [0.1, 0.15) is 12.1 Å². The summed E-state index contributed by atoms with van der Waals surface area (Å²) in [5, 5.41) is 15.5. The van der Waals surface area contributed by atoms with Gasteiger partial charge in [0.25, 0.3) is 5.91 Å². The summed E-state index contributed by atoms with van der Waals surface area (Å²) < 4.78 is 5.34. The lowest BCUT2D eigenvalue weighted by atomic mass is 9.74. The highest BCUT2D eigenvalue weighted by Gasteiger charge is 2.44. The monoisotopic (exact) mass is 946 g/mol. The Morgan fingerprint density at radius 1 is 0.739 bits per heavy atom. The number of rotatable bonds is 24. The van der Waals surface area contributed by atoms with Crippen molar-refractivity contribution in [3.63, 3.8) is 0 Å². The van der Waals surface area contributed by atoms with E-state index in [0.29, 0.717) is 55.6 Å². The molecule has 0 saturated carbocycles. The van der Waals surface area contributed by atoms with E-state index in [-0.39, 0.29) is 75.7 Å². The number of nitrogens with zero attached hydrogens (tertiary/aromatic N) is 2. The molecule has 7 N–H and O–H groups in total. The minimum Gasteiger partial charge on any atom is -0.378 e. The molecule has 1 heterocycles. The number of hydrogen-bond acceptors (Lipinski definition) is 10. The summed E-state index contributed by atoms with van der Waals surface area (Å²) in [6, 6.07) is 29.5. The first-order valence-electron chi connectivity index (χ1n) is 23.3. The van der Waals surface area contributed by atoms with Crippen LogP contribution in [0.3, 0.4) is 0 Å². The third-order valence-corrected chi connectivity index (χ3v) is 12.1. The summed E-state index contributed by atoms with van der Waals surface area (Å²) >= 11 is 0. The number of nitrogens with two attached hydrogens (primary N) is 1. The van der Waals surface area contributed by atoms with Crippen molar-refractivity contribution in [2.24, 2.45) is 11.1 Å². The van der Waals surface area contributed by atoms with Crippen molar-refractivity contribution in [2.75, 3.05) is 60.1 Å². The number of benzene rings is 4. The van der Waals surface area contributed by atoms with Crippen molar-refractivity contribution in [1.82, 2.24) is 36.5 Å². The SMILES string of the molecule is CON(C)C(=O)c1ccc(-c2ccc(C[C@H](NC(=O)[C@]3(Cc4ccccc4)CCCN(C(C)=O)C3)C(=O)NCc3ccccc3CC(=O)N[C@@H](CCNC(C)=O)C(=O)NCCOCCN)cc2)cc1. The largest absolute Gasteiger partial charge is 0.378 e. The van der Waals surface area contributed by atoms with E-state index in [2.05, 4.69) is 26.6 Å². The van der Waals surface area contributed by atoms with Crippen LogP contribution in [0.5, 0.6) is 0 Å². The van der Waals surface area contributed by atoms with Crippen molar-refractivity contribution < 1.29 is 43.1 Å². The molecule has 0 unspecified atom stereocenters. The number of nitrogens with one attached hydrogen (secondary N) is 5. The lowest BCUT2D eigenvalue weighted by Crippen LogP contribution is -2.58. The number of hydroxylamine groups is 2. The van der Waals surface area contributed by atoms with E-state index in [4.69, 9.17) is 15.3 Å². The van der Waals surface area contributed by atoms with E-state index in [0.717, 1.165) is 27.3 Å². The summed E-state index contributed by atoms with van der Waals surface area (Å²) in [6.45, 7) is 4.92. The molecular weight excluding hydrogens is 881 g/mol. The highest BCUT2D eigenvalue weighted by atomic mass is 16.7. The molecule has 0 aromatic heterocycles. The normalized spacial score (nSPS) is 15.2. The van der Waals surface area contributed by atoms with Crippen molar-refractivity contribution in [1.29, 1.82) is 0 Å². The minimum absolute atomic E-state index is 0.0226. The smallest absolute Gasteiger partial charge is 0.277 e. The maximum atomic E-state index is 14.8. The Labute approximate surface area is 404 Å². The molecule has 17 heteroatoms. The number of ether oxygens (including phenoxy) is 1. The molecule has 7 amide bonds.